The highest BCUT2D eigenvalue weighted by atomic mass is 16.2. The number of rotatable bonds is 7. The molecule has 0 saturated carbocycles. The molecule has 0 aliphatic carbocycles. The Morgan fingerprint density at radius 3 is 2.45 bits per heavy atom. The normalized spacial score (nSPS) is 11.4. The lowest BCUT2D eigenvalue weighted by Gasteiger charge is -2.13. The minimum absolute atomic E-state index is 0.126. The summed E-state index contributed by atoms with van der Waals surface area (Å²) in [6.45, 7) is 6.03. The number of carbonyl (C=O) groups is 3. The number of nitrogens with one attached hydrogen (secondary N) is 3. The highest BCUT2D eigenvalue weighted by Crippen LogP contribution is 2.06. The summed E-state index contributed by atoms with van der Waals surface area (Å²) in [7, 11) is 0. The van der Waals surface area contributed by atoms with E-state index in [2.05, 4.69) is 16.0 Å². The molecular weight excluding hydrogens is 282 g/mol. The zero-order chi connectivity index (χ0) is 16.5. The first kappa shape index (κ1) is 17.7. The molecule has 0 aliphatic rings. The Labute approximate surface area is 130 Å². The average Bonchev–Trinajstić information content (AvgIpc) is 2.47. The Balaban J connectivity index is 2.35. The van der Waals surface area contributed by atoms with Crippen molar-refractivity contribution in [1.29, 1.82) is 0 Å². The molecule has 1 aromatic rings. The van der Waals surface area contributed by atoms with Gasteiger partial charge in [0.1, 0.15) is 6.04 Å². The molecule has 0 bridgehead atoms. The Morgan fingerprint density at radius 2 is 1.82 bits per heavy atom. The van der Waals surface area contributed by atoms with Crippen molar-refractivity contribution in [2.75, 3.05) is 13.1 Å². The van der Waals surface area contributed by atoms with Crippen molar-refractivity contribution < 1.29 is 14.4 Å². The quantitative estimate of drug-likeness (QED) is 0.695. The molecule has 1 aromatic carbocycles. The third kappa shape index (κ3) is 5.55. The molecule has 120 valence electrons. The van der Waals surface area contributed by atoms with Crippen LogP contribution >= 0.6 is 0 Å². The van der Waals surface area contributed by atoms with E-state index in [1.165, 1.54) is 0 Å². The second kappa shape index (κ2) is 8.81. The van der Waals surface area contributed by atoms with Crippen LogP contribution in [-0.4, -0.2) is 36.9 Å². The first-order valence-corrected chi connectivity index (χ1v) is 7.36. The van der Waals surface area contributed by atoms with Crippen molar-refractivity contribution in [2.24, 2.45) is 0 Å². The summed E-state index contributed by atoms with van der Waals surface area (Å²) >= 11 is 0. The number of carbonyl (C=O) groups excluding carboxylic acids is 3. The van der Waals surface area contributed by atoms with Gasteiger partial charge in [0.2, 0.25) is 11.8 Å². The van der Waals surface area contributed by atoms with E-state index in [-0.39, 0.29) is 30.7 Å². The van der Waals surface area contributed by atoms with Crippen LogP contribution in [0, 0.1) is 6.92 Å². The van der Waals surface area contributed by atoms with Crippen molar-refractivity contribution in [3.05, 3.63) is 35.4 Å². The topological polar surface area (TPSA) is 87.3 Å². The lowest BCUT2D eigenvalue weighted by molar-refractivity contribution is -0.128. The molecule has 1 rings (SSSR count). The monoisotopic (exact) mass is 305 g/mol. The molecule has 1 atom stereocenters. The molecule has 0 heterocycles. The minimum atomic E-state index is -0.584. The van der Waals surface area contributed by atoms with Crippen LogP contribution in [0.25, 0.3) is 0 Å². The molecule has 3 N–H and O–H groups in total. The van der Waals surface area contributed by atoms with E-state index in [1.807, 2.05) is 26.0 Å². The first-order valence-electron chi connectivity index (χ1n) is 7.36. The van der Waals surface area contributed by atoms with Crippen molar-refractivity contribution >= 4 is 17.7 Å². The molecule has 0 saturated heterocycles. The summed E-state index contributed by atoms with van der Waals surface area (Å²) < 4.78 is 0. The van der Waals surface area contributed by atoms with E-state index in [1.54, 1.807) is 19.1 Å². The van der Waals surface area contributed by atoms with Gasteiger partial charge >= 0.3 is 0 Å². The number of hydrogen-bond donors (Lipinski definition) is 3. The fourth-order valence-corrected chi connectivity index (χ4v) is 1.92. The number of hydrogen-bond acceptors (Lipinski definition) is 3. The zero-order valence-corrected chi connectivity index (χ0v) is 13.2. The summed E-state index contributed by atoms with van der Waals surface area (Å²) in [6, 6.07) is 6.67. The van der Waals surface area contributed by atoms with Gasteiger partial charge in [-0.1, -0.05) is 18.2 Å². The van der Waals surface area contributed by atoms with Gasteiger partial charge in [0.05, 0.1) is 0 Å². The minimum Gasteiger partial charge on any atom is -0.355 e. The van der Waals surface area contributed by atoms with Gasteiger partial charge in [0.15, 0.2) is 0 Å². The van der Waals surface area contributed by atoms with Crippen molar-refractivity contribution in [3.8, 4) is 0 Å². The molecule has 22 heavy (non-hydrogen) atoms. The van der Waals surface area contributed by atoms with Crippen LogP contribution in [0.15, 0.2) is 24.3 Å². The van der Waals surface area contributed by atoms with Gasteiger partial charge < -0.3 is 16.0 Å². The Kier molecular flexibility index (Phi) is 7.08. The highest BCUT2D eigenvalue weighted by molar-refractivity contribution is 5.95. The van der Waals surface area contributed by atoms with Crippen LogP contribution in [0.4, 0.5) is 0 Å². The van der Waals surface area contributed by atoms with Gasteiger partial charge in [0, 0.05) is 25.1 Å². The molecular formula is C16H23N3O3. The zero-order valence-electron chi connectivity index (χ0n) is 13.2. The summed E-state index contributed by atoms with van der Waals surface area (Å²) in [5, 5.41) is 7.91. The Bertz CT molecular complexity index is 543. The van der Waals surface area contributed by atoms with Gasteiger partial charge in [-0.2, -0.15) is 0 Å². The Morgan fingerprint density at radius 1 is 1.14 bits per heavy atom. The predicted octanol–water partition coefficient (Wildman–Crippen LogP) is 0.756. The predicted molar refractivity (Wildman–Crippen MR) is 84.4 cm³/mol. The maximum Gasteiger partial charge on any atom is 0.251 e. The van der Waals surface area contributed by atoms with E-state index >= 15 is 0 Å². The maximum atomic E-state index is 12.0. The maximum absolute atomic E-state index is 12.0. The summed E-state index contributed by atoms with van der Waals surface area (Å²) in [5.41, 5.74) is 1.48. The molecule has 0 fully saturated rings. The molecule has 0 unspecified atom stereocenters. The van der Waals surface area contributed by atoms with Gasteiger partial charge in [-0.25, -0.2) is 0 Å². The SMILES string of the molecule is CCNC(=O)[C@@H](C)NC(=O)CCNC(=O)c1ccccc1C. The van der Waals surface area contributed by atoms with E-state index in [0.717, 1.165) is 5.56 Å². The second-order valence-corrected chi connectivity index (χ2v) is 5.00. The van der Waals surface area contributed by atoms with E-state index in [9.17, 15) is 14.4 Å². The van der Waals surface area contributed by atoms with Gasteiger partial charge in [-0.15, -0.1) is 0 Å². The molecule has 0 aromatic heterocycles. The number of amides is 3. The summed E-state index contributed by atoms with van der Waals surface area (Å²) in [6.07, 6.45) is 0.126. The number of benzene rings is 1. The third-order valence-electron chi connectivity index (χ3n) is 3.15. The van der Waals surface area contributed by atoms with E-state index in [0.29, 0.717) is 12.1 Å². The molecule has 6 nitrogen and oxygen atoms in total. The van der Waals surface area contributed by atoms with Crippen LogP contribution in [-0.2, 0) is 9.59 Å². The molecule has 6 heteroatoms. The van der Waals surface area contributed by atoms with Crippen molar-refractivity contribution in [1.82, 2.24) is 16.0 Å². The van der Waals surface area contributed by atoms with Gasteiger partial charge in [-0.05, 0) is 32.4 Å². The fraction of sp³-hybridized carbons (Fsp3) is 0.438. The van der Waals surface area contributed by atoms with Crippen LogP contribution < -0.4 is 16.0 Å². The summed E-state index contributed by atoms with van der Waals surface area (Å²) in [4.78, 5) is 35.1. The van der Waals surface area contributed by atoms with Crippen molar-refractivity contribution in [2.45, 2.75) is 33.2 Å². The fourth-order valence-electron chi connectivity index (χ4n) is 1.92. The van der Waals surface area contributed by atoms with Crippen LogP contribution in [0.5, 0.6) is 0 Å². The van der Waals surface area contributed by atoms with Crippen LogP contribution in [0.2, 0.25) is 0 Å². The standard InChI is InChI=1S/C16H23N3O3/c1-4-17-15(21)12(3)19-14(20)9-10-18-16(22)13-8-6-5-7-11(13)2/h5-8,12H,4,9-10H2,1-3H3,(H,17,21)(H,18,22)(H,19,20)/t12-/m1/s1. The molecule has 0 radical (unpaired) electrons. The molecule has 0 aliphatic heterocycles. The molecule has 0 spiro atoms. The number of likely N-dealkylation sites (N-methyl/N-ethyl adjacent to an activating group) is 1. The van der Waals surface area contributed by atoms with Gasteiger partial charge in [0.25, 0.3) is 5.91 Å². The largest absolute Gasteiger partial charge is 0.355 e. The van der Waals surface area contributed by atoms with Gasteiger partial charge in [-0.3, -0.25) is 14.4 Å². The highest BCUT2D eigenvalue weighted by Gasteiger charge is 2.14. The first-order chi connectivity index (χ1) is 10.5. The Hall–Kier alpha value is -2.37. The van der Waals surface area contributed by atoms with Crippen LogP contribution in [0.1, 0.15) is 36.2 Å². The molecule has 3 amide bonds. The third-order valence-corrected chi connectivity index (χ3v) is 3.15. The van der Waals surface area contributed by atoms with Crippen molar-refractivity contribution in [3.63, 3.8) is 0 Å². The second-order valence-electron chi connectivity index (χ2n) is 5.00. The smallest absolute Gasteiger partial charge is 0.251 e. The van der Waals surface area contributed by atoms with E-state index < -0.39 is 6.04 Å². The van der Waals surface area contributed by atoms with Crippen LogP contribution in [0.3, 0.4) is 0 Å². The summed E-state index contributed by atoms with van der Waals surface area (Å²) in [5.74, 6) is -0.702. The number of aryl methyl sites for hydroxylation is 1. The lowest BCUT2D eigenvalue weighted by Crippen LogP contribution is -2.45. The van der Waals surface area contributed by atoms with E-state index in [4.69, 9.17) is 0 Å². The average molecular weight is 305 g/mol. The lowest BCUT2D eigenvalue weighted by atomic mass is 10.1.